The van der Waals surface area contributed by atoms with Crippen molar-refractivity contribution >= 4 is 27.5 Å². The summed E-state index contributed by atoms with van der Waals surface area (Å²) in [6.45, 7) is 2.48. The third-order valence-electron chi connectivity index (χ3n) is 21.3. The molecule has 4 nitrogen and oxygen atoms in total. The first-order chi connectivity index (χ1) is 43.9. The van der Waals surface area contributed by atoms with E-state index >= 15 is 0 Å². The van der Waals surface area contributed by atoms with E-state index in [9.17, 15) is 4.79 Å². The molecule has 8 aliphatic carbocycles. The number of unbranched alkanes of at least 4 members (excludes halogenated alkanes) is 2. The van der Waals surface area contributed by atoms with E-state index in [0.717, 1.165) is 90.8 Å². The van der Waals surface area contributed by atoms with Gasteiger partial charge in [-0.25, -0.2) is 0 Å². The summed E-state index contributed by atoms with van der Waals surface area (Å²) in [5.74, 6) is 11.5. The standard InChI is InChI=1S/C23H26.C22H26O.C21H20O2.C19H20O/c1-2-7-20(8-3-1)21-13-10-18(11-14-21)6-4-5-9-22-16-19-12-15-23(22)17-19;1-2-6-20-15-18(9-10-19(20)5-1)16-23-12-4-3-7-21-13-17-8-11-22(21)14-17;22-21(14-19-13-15-6-7-18(19)12-15)23-20-10-8-17(9-11-20)16-4-2-1-3-5-16;1-2-4-16-13-19(8-7-15(16)3-1)20-10-9-18-12-14-5-6-17(18)11-14/h1-3,7-8,10-15,19,22-23H,4-6,9,16-17H2;1-2,5-6,8-11,15,17,21-22H,3-4,7,12-14,16H2;1-11,15,18-19H,12-14H2;1-8,13-14,17-18H,9-12H2. The van der Waals surface area contributed by atoms with Crippen molar-refractivity contribution in [1.82, 2.24) is 0 Å². The first-order valence-electron chi connectivity index (χ1n) is 34.3. The number of carbonyl (C=O) groups is 1. The Morgan fingerprint density at radius 3 is 1.31 bits per heavy atom. The topological polar surface area (TPSA) is 44.8 Å². The number of carbonyl (C=O) groups excluding carboxylic acids is 1. The molecule has 8 aliphatic rings. The molecule has 4 heteroatoms. The molecule has 456 valence electrons. The quantitative estimate of drug-likeness (QED) is 0.0311. The summed E-state index contributed by atoms with van der Waals surface area (Å²) in [5.41, 5.74) is 7.69. The van der Waals surface area contributed by atoms with E-state index in [1.54, 1.807) is 0 Å². The zero-order chi connectivity index (χ0) is 60.0. The highest BCUT2D eigenvalue weighted by molar-refractivity contribution is 5.84. The van der Waals surface area contributed by atoms with Crippen LogP contribution in [0.4, 0.5) is 0 Å². The minimum Gasteiger partial charge on any atom is -0.494 e. The van der Waals surface area contributed by atoms with Crippen LogP contribution in [0.2, 0.25) is 0 Å². The number of benzene rings is 8. The summed E-state index contributed by atoms with van der Waals surface area (Å²) in [5, 5.41) is 5.14. The van der Waals surface area contributed by atoms with Gasteiger partial charge in [0.15, 0.2) is 0 Å². The average molecular weight is 1180 g/mol. The molecule has 0 radical (unpaired) electrons. The number of hydrogen-bond acceptors (Lipinski definition) is 4. The summed E-state index contributed by atoms with van der Waals surface area (Å²) in [7, 11) is 0. The predicted molar refractivity (Wildman–Crippen MR) is 368 cm³/mol. The number of rotatable bonds is 21. The summed E-state index contributed by atoms with van der Waals surface area (Å²) in [6.07, 6.45) is 41.2. The van der Waals surface area contributed by atoms with Crippen LogP contribution in [-0.2, 0) is 22.6 Å². The Balaban J connectivity index is 0.000000109. The Kier molecular flexibility index (Phi) is 20.3. The number of allylic oxidation sites excluding steroid dienone is 8. The number of aryl methyl sites for hydroxylation is 1. The van der Waals surface area contributed by atoms with Gasteiger partial charge in [-0.15, -0.1) is 0 Å². The molecule has 0 heterocycles. The maximum Gasteiger partial charge on any atom is 0.311 e. The largest absolute Gasteiger partial charge is 0.494 e. The Bertz CT molecular complexity index is 3670. The van der Waals surface area contributed by atoms with Crippen LogP contribution in [0.1, 0.15) is 114 Å². The van der Waals surface area contributed by atoms with Gasteiger partial charge in [0.1, 0.15) is 11.5 Å². The van der Waals surface area contributed by atoms with Crippen molar-refractivity contribution in [2.24, 2.45) is 71.0 Å². The molecule has 8 aromatic rings. The lowest BCUT2D eigenvalue weighted by atomic mass is 9.88. The lowest BCUT2D eigenvalue weighted by molar-refractivity contribution is -0.135. The fourth-order valence-electron chi connectivity index (χ4n) is 16.5. The first-order valence-corrected chi connectivity index (χ1v) is 34.3. The summed E-state index contributed by atoms with van der Waals surface area (Å²) in [4.78, 5) is 12.2. The molecule has 0 N–H and O–H groups in total. The van der Waals surface area contributed by atoms with Gasteiger partial charge in [0.2, 0.25) is 0 Å². The molecule has 12 unspecified atom stereocenters. The van der Waals surface area contributed by atoms with Gasteiger partial charge in [0.05, 0.1) is 13.2 Å². The van der Waals surface area contributed by atoms with Gasteiger partial charge in [0, 0.05) is 13.0 Å². The lowest BCUT2D eigenvalue weighted by Gasteiger charge is -2.18. The van der Waals surface area contributed by atoms with Crippen molar-refractivity contribution in [1.29, 1.82) is 0 Å². The minimum atomic E-state index is -0.108. The van der Waals surface area contributed by atoms with Crippen molar-refractivity contribution in [2.45, 2.75) is 116 Å². The predicted octanol–water partition coefficient (Wildman–Crippen LogP) is 21.7. The van der Waals surface area contributed by atoms with Gasteiger partial charge >= 0.3 is 5.97 Å². The highest BCUT2D eigenvalue weighted by atomic mass is 16.5. The van der Waals surface area contributed by atoms with Crippen LogP contribution in [0.5, 0.6) is 11.5 Å². The molecule has 0 aliphatic heterocycles. The van der Waals surface area contributed by atoms with Crippen LogP contribution < -0.4 is 9.47 Å². The average Bonchev–Trinajstić information content (AvgIpc) is 4.38. The monoisotopic (exact) mass is 1180 g/mol. The number of esters is 1. The first kappa shape index (κ1) is 60.4. The summed E-state index contributed by atoms with van der Waals surface area (Å²) in [6, 6.07) is 67.7. The second kappa shape index (κ2) is 29.9. The van der Waals surface area contributed by atoms with Gasteiger partial charge in [-0.05, 0) is 246 Å². The van der Waals surface area contributed by atoms with Crippen LogP contribution in [0.25, 0.3) is 43.8 Å². The fraction of sp³-hybridized carbons (Fsp3) is 0.376. The normalized spacial score (nSPS) is 25.6. The van der Waals surface area contributed by atoms with E-state index in [-0.39, 0.29) is 5.97 Å². The smallest absolute Gasteiger partial charge is 0.311 e. The highest BCUT2D eigenvalue weighted by Gasteiger charge is 2.38. The maximum absolute atomic E-state index is 12.2. The highest BCUT2D eigenvalue weighted by Crippen LogP contribution is 2.48. The molecule has 4 fully saturated rings. The Morgan fingerprint density at radius 2 is 0.787 bits per heavy atom. The SMILES string of the molecule is C1=CC2CC1CC2CCCCOCc1ccc2ccccc2c1.C1=CC2CC1CC2CCCCc1ccc(-c2ccccc2)cc1.C1=CC2CC1CC2CCOc1ccc2ccccc2c1.O=C(CC1CC2C=CC1C2)Oc1ccc(-c2ccccc2)cc1. The minimum absolute atomic E-state index is 0.108. The van der Waals surface area contributed by atoms with E-state index in [1.165, 1.54) is 146 Å². The van der Waals surface area contributed by atoms with Crippen molar-refractivity contribution in [2.75, 3.05) is 13.2 Å². The van der Waals surface area contributed by atoms with Crippen molar-refractivity contribution in [3.63, 3.8) is 0 Å². The third kappa shape index (κ3) is 16.3. The molecular formula is C85H92O4. The fourth-order valence-corrected chi connectivity index (χ4v) is 16.5. The summed E-state index contributed by atoms with van der Waals surface area (Å²) >= 11 is 0. The van der Waals surface area contributed by atoms with Gasteiger partial charge in [-0.3, -0.25) is 4.79 Å². The van der Waals surface area contributed by atoms with Crippen molar-refractivity contribution < 1.29 is 19.0 Å². The number of hydrogen-bond donors (Lipinski definition) is 0. The van der Waals surface area contributed by atoms with Gasteiger partial charge in [-0.1, -0.05) is 225 Å². The molecule has 0 aromatic heterocycles. The van der Waals surface area contributed by atoms with Crippen LogP contribution in [0.3, 0.4) is 0 Å². The Hall–Kier alpha value is -7.53. The molecule has 12 atom stereocenters. The van der Waals surface area contributed by atoms with E-state index in [0.29, 0.717) is 29.9 Å². The number of ether oxygens (including phenoxy) is 3. The Labute approximate surface area is 531 Å². The van der Waals surface area contributed by atoms with E-state index in [2.05, 4.69) is 200 Å². The van der Waals surface area contributed by atoms with E-state index < -0.39 is 0 Å². The Morgan fingerprint density at radius 1 is 0.348 bits per heavy atom. The zero-order valence-corrected chi connectivity index (χ0v) is 52.3. The molecular weight excluding hydrogens is 1080 g/mol. The number of fused-ring (bicyclic) bond motifs is 10. The van der Waals surface area contributed by atoms with Crippen molar-refractivity contribution in [3.05, 3.63) is 254 Å². The van der Waals surface area contributed by atoms with Crippen LogP contribution >= 0.6 is 0 Å². The second-order valence-electron chi connectivity index (χ2n) is 27.4. The molecule has 89 heavy (non-hydrogen) atoms. The molecule has 0 saturated heterocycles. The molecule has 0 amide bonds. The molecule has 8 bridgehead atoms. The van der Waals surface area contributed by atoms with E-state index in [4.69, 9.17) is 14.2 Å². The summed E-state index contributed by atoms with van der Waals surface area (Å²) < 4.78 is 17.4. The van der Waals surface area contributed by atoms with Gasteiger partial charge < -0.3 is 14.2 Å². The molecule has 8 aromatic carbocycles. The van der Waals surface area contributed by atoms with Crippen LogP contribution in [-0.4, -0.2) is 19.2 Å². The van der Waals surface area contributed by atoms with Crippen molar-refractivity contribution in [3.8, 4) is 33.8 Å². The van der Waals surface area contributed by atoms with Crippen LogP contribution in [0.15, 0.2) is 243 Å². The van der Waals surface area contributed by atoms with Gasteiger partial charge in [0.25, 0.3) is 0 Å². The lowest BCUT2D eigenvalue weighted by Crippen LogP contribution is -2.17. The van der Waals surface area contributed by atoms with Gasteiger partial charge in [-0.2, -0.15) is 0 Å². The van der Waals surface area contributed by atoms with E-state index in [1.807, 2.05) is 42.5 Å². The second-order valence-corrected chi connectivity index (χ2v) is 27.4. The maximum atomic E-state index is 12.2. The molecule has 16 rings (SSSR count). The molecule has 0 spiro atoms. The molecule has 4 saturated carbocycles. The zero-order valence-electron chi connectivity index (χ0n) is 52.3. The third-order valence-corrected chi connectivity index (χ3v) is 21.3. The van der Waals surface area contributed by atoms with Crippen LogP contribution in [0, 0.1) is 71.0 Å².